The van der Waals surface area contributed by atoms with Crippen LogP contribution in [0.25, 0.3) is 0 Å². The maximum atomic E-state index is 13.3. The maximum absolute atomic E-state index is 13.3. The molecule has 27 heavy (non-hydrogen) atoms. The fourth-order valence-electron chi connectivity index (χ4n) is 2.11. The number of benzene rings is 1. The van der Waals surface area contributed by atoms with Crippen LogP contribution in [0.3, 0.4) is 0 Å². The number of halogens is 4. The van der Waals surface area contributed by atoms with Crippen LogP contribution < -0.4 is 15.4 Å². The van der Waals surface area contributed by atoms with Crippen LogP contribution in [0.2, 0.25) is 0 Å². The summed E-state index contributed by atoms with van der Waals surface area (Å²) in [5.41, 5.74) is 0.606. The smallest absolute Gasteiger partial charge is 0.390 e. The number of hydrogen-bond donors (Lipinski definition) is 2. The number of hydrogen-bond acceptors (Lipinski definition) is 3. The van der Waals surface area contributed by atoms with Crippen LogP contribution in [-0.2, 0) is 6.54 Å². The Labute approximate surface area is 154 Å². The van der Waals surface area contributed by atoms with Crippen molar-refractivity contribution in [1.29, 1.82) is 0 Å². The van der Waals surface area contributed by atoms with Gasteiger partial charge in [-0.3, -0.25) is 0 Å². The quantitative estimate of drug-likeness (QED) is 0.430. The molecule has 2 aromatic rings. The molecule has 9 heteroatoms. The van der Waals surface area contributed by atoms with Crippen molar-refractivity contribution in [3.8, 4) is 11.6 Å². The molecule has 0 fully saturated rings. The van der Waals surface area contributed by atoms with Crippen molar-refractivity contribution < 1.29 is 22.3 Å². The van der Waals surface area contributed by atoms with Gasteiger partial charge in [0, 0.05) is 30.9 Å². The molecule has 1 aromatic carbocycles. The number of alkyl halides is 3. The summed E-state index contributed by atoms with van der Waals surface area (Å²) in [5.74, 6) is 0.348. The highest BCUT2D eigenvalue weighted by Crippen LogP contribution is 2.24. The second-order valence-corrected chi connectivity index (χ2v) is 5.51. The predicted molar refractivity (Wildman–Crippen MR) is 94.2 cm³/mol. The van der Waals surface area contributed by atoms with E-state index in [0.717, 1.165) is 0 Å². The Bertz CT molecular complexity index is 765. The molecular formula is C18H20F4N4O. The molecule has 2 N–H and O–H groups in total. The Kier molecular flexibility index (Phi) is 7.39. The van der Waals surface area contributed by atoms with Crippen molar-refractivity contribution in [2.24, 2.45) is 4.99 Å². The van der Waals surface area contributed by atoms with Crippen molar-refractivity contribution >= 4 is 5.96 Å². The van der Waals surface area contributed by atoms with Gasteiger partial charge >= 0.3 is 6.18 Å². The zero-order valence-electron chi connectivity index (χ0n) is 14.7. The van der Waals surface area contributed by atoms with E-state index in [1.54, 1.807) is 18.2 Å². The maximum Gasteiger partial charge on any atom is 0.390 e. The molecule has 0 aliphatic rings. The van der Waals surface area contributed by atoms with Crippen molar-refractivity contribution in [2.45, 2.75) is 26.1 Å². The van der Waals surface area contributed by atoms with Crippen LogP contribution in [0.15, 0.2) is 47.6 Å². The summed E-state index contributed by atoms with van der Waals surface area (Å²) in [5, 5.41) is 5.51. The molecule has 0 saturated carbocycles. The summed E-state index contributed by atoms with van der Waals surface area (Å²) in [6, 6.07) is 9.04. The van der Waals surface area contributed by atoms with Crippen LogP contribution >= 0.6 is 0 Å². The van der Waals surface area contributed by atoms with E-state index in [-0.39, 0.29) is 30.7 Å². The number of guanidine groups is 1. The van der Waals surface area contributed by atoms with Gasteiger partial charge in [-0.2, -0.15) is 13.2 Å². The first-order valence-corrected chi connectivity index (χ1v) is 8.33. The Morgan fingerprint density at radius 1 is 1.19 bits per heavy atom. The van der Waals surface area contributed by atoms with Crippen LogP contribution in [0.4, 0.5) is 17.6 Å². The number of aliphatic imine (C=N–C) groups is 1. The van der Waals surface area contributed by atoms with E-state index < -0.39 is 18.4 Å². The van der Waals surface area contributed by atoms with Gasteiger partial charge in [0.1, 0.15) is 11.6 Å². The molecule has 0 atom stereocenters. The zero-order chi connectivity index (χ0) is 19.7. The molecular weight excluding hydrogens is 364 g/mol. The second kappa shape index (κ2) is 9.75. The van der Waals surface area contributed by atoms with E-state index in [1.165, 1.54) is 24.4 Å². The van der Waals surface area contributed by atoms with Gasteiger partial charge in [0.2, 0.25) is 5.88 Å². The van der Waals surface area contributed by atoms with E-state index in [2.05, 4.69) is 20.6 Å². The number of aromatic nitrogens is 1. The van der Waals surface area contributed by atoms with E-state index in [0.29, 0.717) is 12.1 Å². The summed E-state index contributed by atoms with van der Waals surface area (Å²) in [6.45, 7) is 2.15. The van der Waals surface area contributed by atoms with Gasteiger partial charge < -0.3 is 15.4 Å². The van der Waals surface area contributed by atoms with Gasteiger partial charge in [0.05, 0.1) is 13.0 Å². The molecule has 1 aromatic heterocycles. The van der Waals surface area contributed by atoms with Crippen molar-refractivity contribution in [1.82, 2.24) is 15.6 Å². The second-order valence-electron chi connectivity index (χ2n) is 5.51. The number of nitrogens with one attached hydrogen (secondary N) is 2. The molecule has 0 radical (unpaired) electrons. The molecule has 0 aliphatic heterocycles. The first-order valence-electron chi connectivity index (χ1n) is 8.33. The lowest BCUT2D eigenvalue weighted by molar-refractivity contribution is -0.132. The average molecular weight is 384 g/mol. The van der Waals surface area contributed by atoms with Crippen molar-refractivity contribution in [2.75, 3.05) is 13.1 Å². The van der Waals surface area contributed by atoms with Gasteiger partial charge in [-0.15, -0.1) is 0 Å². The van der Waals surface area contributed by atoms with Gasteiger partial charge in [0.25, 0.3) is 0 Å². The molecule has 0 bridgehead atoms. The fourth-order valence-corrected chi connectivity index (χ4v) is 2.11. The molecule has 0 amide bonds. The third-order valence-electron chi connectivity index (χ3n) is 3.31. The average Bonchev–Trinajstić information content (AvgIpc) is 2.60. The van der Waals surface area contributed by atoms with E-state index in [1.807, 2.05) is 6.92 Å². The summed E-state index contributed by atoms with van der Waals surface area (Å²) >= 11 is 0. The van der Waals surface area contributed by atoms with Gasteiger partial charge in [-0.25, -0.2) is 14.4 Å². The Hall–Kier alpha value is -2.84. The van der Waals surface area contributed by atoms with Gasteiger partial charge in [0.15, 0.2) is 5.96 Å². The van der Waals surface area contributed by atoms with Crippen LogP contribution in [-0.4, -0.2) is 30.2 Å². The molecule has 146 valence electrons. The van der Waals surface area contributed by atoms with E-state index in [4.69, 9.17) is 4.74 Å². The topological polar surface area (TPSA) is 58.5 Å². The number of pyridine rings is 1. The third-order valence-corrected chi connectivity index (χ3v) is 3.31. The number of rotatable bonds is 7. The largest absolute Gasteiger partial charge is 0.439 e. The number of nitrogens with zero attached hydrogens (tertiary/aromatic N) is 2. The minimum atomic E-state index is -4.24. The highest BCUT2D eigenvalue weighted by molar-refractivity contribution is 5.79. The summed E-state index contributed by atoms with van der Waals surface area (Å²) in [4.78, 5) is 8.37. The third kappa shape index (κ3) is 7.51. The molecule has 0 aliphatic carbocycles. The lowest BCUT2D eigenvalue weighted by atomic mass is 10.2. The minimum absolute atomic E-state index is 0.125. The van der Waals surface area contributed by atoms with Crippen molar-refractivity contribution in [3.05, 3.63) is 54.0 Å². The SMILES string of the molecule is CCNC(=NCc1cccnc1Oc1cccc(F)c1)NCCC(F)(F)F. The molecule has 0 saturated heterocycles. The highest BCUT2D eigenvalue weighted by atomic mass is 19.4. The van der Waals surface area contributed by atoms with Crippen molar-refractivity contribution in [3.63, 3.8) is 0 Å². The highest BCUT2D eigenvalue weighted by Gasteiger charge is 2.26. The summed E-state index contributed by atoms with van der Waals surface area (Å²) in [7, 11) is 0. The van der Waals surface area contributed by atoms with E-state index >= 15 is 0 Å². The monoisotopic (exact) mass is 384 g/mol. The molecule has 5 nitrogen and oxygen atoms in total. The standard InChI is InChI=1S/C18H20F4N4O/c1-2-23-17(25-10-8-18(20,21)22)26-12-13-5-4-9-24-16(13)27-15-7-3-6-14(19)11-15/h3-7,9,11H,2,8,10,12H2,1H3,(H2,23,25,26). The predicted octanol–water partition coefficient (Wildman–Crippen LogP) is 4.02. The first kappa shape index (κ1) is 20.5. The molecule has 0 unspecified atom stereocenters. The first-order chi connectivity index (χ1) is 12.9. The summed E-state index contributed by atoms with van der Waals surface area (Å²) < 4.78 is 55.7. The minimum Gasteiger partial charge on any atom is -0.439 e. The normalized spacial score (nSPS) is 12.0. The lowest BCUT2D eigenvalue weighted by Crippen LogP contribution is -2.38. The molecule has 0 spiro atoms. The molecule has 1 heterocycles. The molecule has 2 rings (SSSR count). The van der Waals surface area contributed by atoms with Crippen LogP contribution in [0.5, 0.6) is 11.6 Å². The van der Waals surface area contributed by atoms with E-state index in [9.17, 15) is 17.6 Å². The Morgan fingerprint density at radius 3 is 2.70 bits per heavy atom. The zero-order valence-corrected chi connectivity index (χ0v) is 14.7. The Morgan fingerprint density at radius 2 is 2.00 bits per heavy atom. The summed E-state index contributed by atoms with van der Waals surface area (Å²) in [6.07, 6.45) is -3.67. The lowest BCUT2D eigenvalue weighted by Gasteiger charge is -2.13. The van der Waals surface area contributed by atoms with Crippen LogP contribution in [0, 0.1) is 5.82 Å². The van der Waals surface area contributed by atoms with Gasteiger partial charge in [-0.1, -0.05) is 12.1 Å². The number of ether oxygens (including phenoxy) is 1. The Balaban J connectivity index is 2.07. The fraction of sp³-hybridized carbons (Fsp3) is 0.333. The van der Waals surface area contributed by atoms with Crippen LogP contribution in [0.1, 0.15) is 18.9 Å². The van der Waals surface area contributed by atoms with Gasteiger partial charge in [-0.05, 0) is 25.1 Å².